The van der Waals surface area contributed by atoms with Gasteiger partial charge in [-0.3, -0.25) is 5.21 Å². The number of hydroxylamine groups is 1. The van der Waals surface area contributed by atoms with Crippen LogP contribution in [0.4, 0.5) is 0 Å². The van der Waals surface area contributed by atoms with E-state index >= 15 is 0 Å². The summed E-state index contributed by atoms with van der Waals surface area (Å²) >= 11 is 12.7. The summed E-state index contributed by atoms with van der Waals surface area (Å²) < 4.78 is 0. The molecule has 3 nitrogen and oxygen atoms in total. The Hall–Kier alpha value is -1.10. The second-order valence-corrected chi connectivity index (χ2v) is 6.97. The average Bonchev–Trinajstić information content (AvgIpc) is 3.32. The third-order valence-corrected chi connectivity index (χ3v) is 5.07. The van der Waals surface area contributed by atoms with Gasteiger partial charge in [0.05, 0.1) is 5.02 Å². The zero-order valence-electron chi connectivity index (χ0n) is 12.8. The molecule has 5 heteroatoms. The Balaban J connectivity index is 1.58. The molecule has 1 fully saturated rings. The molecule has 0 aliphatic heterocycles. The summed E-state index contributed by atoms with van der Waals surface area (Å²) in [5, 5.41) is 11.6. The van der Waals surface area contributed by atoms with Gasteiger partial charge in [0.2, 0.25) is 0 Å². The molecule has 0 heterocycles. The maximum absolute atomic E-state index is 9.76. The fraction of sp³-hybridized carbons (Fsp3) is 0.333. The van der Waals surface area contributed by atoms with Crippen molar-refractivity contribution in [2.45, 2.75) is 30.7 Å². The van der Waals surface area contributed by atoms with Crippen LogP contribution in [0.3, 0.4) is 0 Å². The minimum Gasteiger partial charge on any atom is -0.297 e. The molecule has 0 atom stereocenters. The van der Waals surface area contributed by atoms with Crippen molar-refractivity contribution in [2.75, 3.05) is 6.54 Å². The maximum Gasteiger partial charge on any atom is 0.135 e. The maximum atomic E-state index is 9.76. The first-order valence-electron chi connectivity index (χ1n) is 7.84. The SMILES string of the molecule is ON(NCCCc1cccc(-c2ccccc2)c1Cl)C1(Cl)CC1. The Kier molecular flexibility index (Phi) is 5.24. The van der Waals surface area contributed by atoms with Crippen LogP contribution in [0.1, 0.15) is 24.8 Å². The zero-order valence-corrected chi connectivity index (χ0v) is 14.3. The van der Waals surface area contributed by atoms with Gasteiger partial charge in [0, 0.05) is 12.1 Å². The van der Waals surface area contributed by atoms with Crippen molar-refractivity contribution < 1.29 is 5.21 Å². The molecule has 0 bridgehead atoms. The van der Waals surface area contributed by atoms with Gasteiger partial charge in [-0.15, -0.1) is 5.17 Å². The van der Waals surface area contributed by atoms with Crippen LogP contribution in [-0.2, 0) is 6.42 Å². The van der Waals surface area contributed by atoms with Crippen molar-refractivity contribution in [3.05, 3.63) is 59.1 Å². The topological polar surface area (TPSA) is 35.5 Å². The first kappa shape index (κ1) is 16.7. The van der Waals surface area contributed by atoms with Crippen molar-refractivity contribution in [1.82, 2.24) is 10.6 Å². The Bertz CT molecular complexity index is 659. The van der Waals surface area contributed by atoms with Crippen molar-refractivity contribution in [3.8, 4) is 11.1 Å². The number of halogens is 2. The molecule has 0 aromatic heterocycles. The van der Waals surface area contributed by atoms with Gasteiger partial charge in [-0.1, -0.05) is 71.7 Å². The Morgan fingerprint density at radius 2 is 1.83 bits per heavy atom. The van der Waals surface area contributed by atoms with Crippen molar-refractivity contribution in [1.29, 1.82) is 0 Å². The number of hydrogen-bond donors (Lipinski definition) is 2. The lowest BCUT2D eigenvalue weighted by molar-refractivity contribution is -0.157. The van der Waals surface area contributed by atoms with Gasteiger partial charge in [0.15, 0.2) is 0 Å². The van der Waals surface area contributed by atoms with Gasteiger partial charge in [0.1, 0.15) is 5.00 Å². The van der Waals surface area contributed by atoms with Gasteiger partial charge in [0.25, 0.3) is 0 Å². The molecule has 3 rings (SSSR count). The highest BCUT2D eigenvalue weighted by Crippen LogP contribution is 2.43. The lowest BCUT2D eigenvalue weighted by Crippen LogP contribution is -2.42. The second-order valence-electron chi connectivity index (χ2n) is 5.89. The van der Waals surface area contributed by atoms with E-state index < -0.39 is 5.00 Å². The van der Waals surface area contributed by atoms with Crippen LogP contribution in [-0.4, -0.2) is 21.9 Å². The highest BCUT2D eigenvalue weighted by Gasteiger charge is 2.46. The molecule has 1 saturated carbocycles. The fourth-order valence-corrected chi connectivity index (χ4v) is 3.02. The number of nitrogens with one attached hydrogen (secondary N) is 1. The molecule has 0 saturated heterocycles. The minimum absolute atomic E-state index is 0.592. The molecule has 0 radical (unpaired) electrons. The van der Waals surface area contributed by atoms with E-state index in [4.69, 9.17) is 23.2 Å². The molecule has 0 spiro atoms. The Morgan fingerprint density at radius 3 is 2.52 bits per heavy atom. The van der Waals surface area contributed by atoms with E-state index in [9.17, 15) is 5.21 Å². The molecule has 2 N–H and O–H groups in total. The van der Waals surface area contributed by atoms with Gasteiger partial charge >= 0.3 is 0 Å². The molecule has 2 aromatic rings. The molecular formula is C18H20Cl2N2O. The van der Waals surface area contributed by atoms with E-state index in [1.807, 2.05) is 30.3 Å². The number of aryl methyl sites for hydroxylation is 1. The van der Waals surface area contributed by atoms with Gasteiger partial charge in [-0.2, -0.15) is 0 Å². The summed E-state index contributed by atoms with van der Waals surface area (Å²) in [7, 11) is 0. The van der Waals surface area contributed by atoms with E-state index in [1.54, 1.807) is 0 Å². The third kappa shape index (κ3) is 4.06. The number of hydrazine groups is 1. The summed E-state index contributed by atoms with van der Waals surface area (Å²) in [4.78, 5) is -0.592. The number of benzene rings is 2. The normalized spacial score (nSPS) is 15.8. The standard InChI is InChI=1S/C18H20Cl2N2O/c19-17-15(9-5-13-21-22(23)18(20)11-12-18)8-4-10-16(17)14-6-2-1-3-7-14/h1-4,6-8,10,21,23H,5,9,11-13H2. The van der Waals surface area contributed by atoms with Gasteiger partial charge in [-0.25, -0.2) is 5.43 Å². The lowest BCUT2D eigenvalue weighted by Gasteiger charge is -2.20. The largest absolute Gasteiger partial charge is 0.297 e. The molecule has 0 amide bonds. The van der Waals surface area contributed by atoms with E-state index in [1.165, 1.54) is 0 Å². The minimum atomic E-state index is -0.592. The van der Waals surface area contributed by atoms with Gasteiger partial charge in [-0.05, 0) is 36.8 Å². The quantitative estimate of drug-likeness (QED) is 0.324. The third-order valence-electron chi connectivity index (χ3n) is 4.09. The van der Waals surface area contributed by atoms with E-state index in [0.717, 1.165) is 52.6 Å². The number of rotatable bonds is 7. The molecule has 122 valence electrons. The highest BCUT2D eigenvalue weighted by atomic mass is 35.5. The molecular weight excluding hydrogens is 331 g/mol. The molecule has 2 aromatic carbocycles. The van der Waals surface area contributed by atoms with E-state index in [2.05, 4.69) is 23.6 Å². The fourth-order valence-electron chi connectivity index (χ4n) is 2.53. The lowest BCUT2D eigenvalue weighted by atomic mass is 10.0. The van der Waals surface area contributed by atoms with Crippen molar-refractivity contribution >= 4 is 23.2 Å². The van der Waals surface area contributed by atoms with Crippen LogP contribution in [0, 0.1) is 0 Å². The van der Waals surface area contributed by atoms with Crippen LogP contribution in [0.15, 0.2) is 48.5 Å². The van der Waals surface area contributed by atoms with Crippen molar-refractivity contribution in [2.24, 2.45) is 0 Å². The van der Waals surface area contributed by atoms with Crippen molar-refractivity contribution in [3.63, 3.8) is 0 Å². The van der Waals surface area contributed by atoms with Crippen LogP contribution in [0.5, 0.6) is 0 Å². The van der Waals surface area contributed by atoms with Crippen LogP contribution in [0.2, 0.25) is 5.02 Å². The molecule has 1 aliphatic rings. The number of nitrogens with zero attached hydrogens (tertiary/aromatic N) is 1. The van der Waals surface area contributed by atoms with Crippen LogP contribution >= 0.6 is 23.2 Å². The molecule has 1 aliphatic carbocycles. The summed E-state index contributed by atoms with van der Waals surface area (Å²) in [6.45, 7) is 0.650. The monoisotopic (exact) mass is 350 g/mol. The Morgan fingerprint density at radius 1 is 1.09 bits per heavy atom. The first-order chi connectivity index (χ1) is 11.1. The highest BCUT2D eigenvalue weighted by molar-refractivity contribution is 6.34. The molecule has 0 unspecified atom stereocenters. The second kappa shape index (κ2) is 7.20. The number of hydrogen-bond acceptors (Lipinski definition) is 3. The summed E-state index contributed by atoms with van der Waals surface area (Å²) in [5.74, 6) is 0. The number of alkyl halides is 1. The van der Waals surface area contributed by atoms with E-state index in [-0.39, 0.29) is 0 Å². The summed E-state index contributed by atoms with van der Waals surface area (Å²) in [6.07, 6.45) is 3.32. The predicted molar refractivity (Wildman–Crippen MR) is 94.7 cm³/mol. The first-order valence-corrected chi connectivity index (χ1v) is 8.60. The van der Waals surface area contributed by atoms with Gasteiger partial charge < -0.3 is 0 Å². The van der Waals surface area contributed by atoms with E-state index in [0.29, 0.717) is 6.54 Å². The molecule has 23 heavy (non-hydrogen) atoms. The zero-order chi connectivity index (χ0) is 16.3. The van der Waals surface area contributed by atoms with Crippen LogP contribution in [0.25, 0.3) is 11.1 Å². The smallest absolute Gasteiger partial charge is 0.135 e. The average molecular weight is 351 g/mol. The Labute approximate surface area is 146 Å². The predicted octanol–water partition coefficient (Wildman–Crippen LogP) is 4.86. The summed E-state index contributed by atoms with van der Waals surface area (Å²) in [5.41, 5.74) is 6.23. The van der Waals surface area contributed by atoms with Crippen LogP contribution < -0.4 is 5.43 Å². The summed E-state index contributed by atoms with van der Waals surface area (Å²) in [6, 6.07) is 16.3.